The Morgan fingerprint density at radius 1 is 1.47 bits per heavy atom. The van der Waals surface area contributed by atoms with E-state index in [1.165, 1.54) is 31.5 Å². The smallest absolute Gasteiger partial charge is 0.173 e. The molecule has 1 fully saturated rings. The molecular weight excluding hydrogens is 256 g/mol. The van der Waals surface area contributed by atoms with Crippen molar-refractivity contribution < 1.29 is 4.42 Å². The fraction of sp³-hybridized carbons (Fsp3) is 0.636. The molecule has 84 valence electrons. The molecule has 1 aliphatic rings. The van der Waals surface area contributed by atoms with Crippen LogP contribution in [0.1, 0.15) is 24.2 Å². The minimum Gasteiger partial charge on any atom is -0.453 e. The van der Waals surface area contributed by atoms with Gasteiger partial charge < -0.3 is 9.73 Å². The lowest BCUT2D eigenvalue weighted by Gasteiger charge is -2.12. The third kappa shape index (κ3) is 2.83. The first-order chi connectivity index (χ1) is 7.29. The zero-order valence-corrected chi connectivity index (χ0v) is 10.6. The Balaban J connectivity index is 2.00. The van der Waals surface area contributed by atoms with Crippen molar-refractivity contribution in [2.75, 3.05) is 20.1 Å². The van der Waals surface area contributed by atoms with Crippen LogP contribution in [-0.4, -0.2) is 25.0 Å². The van der Waals surface area contributed by atoms with Crippen molar-refractivity contribution >= 4 is 15.9 Å². The van der Waals surface area contributed by atoms with Crippen LogP contribution in [0.15, 0.2) is 15.2 Å². The van der Waals surface area contributed by atoms with Gasteiger partial charge in [-0.25, -0.2) is 0 Å². The van der Waals surface area contributed by atoms with Gasteiger partial charge >= 0.3 is 0 Å². The van der Waals surface area contributed by atoms with Crippen molar-refractivity contribution in [2.45, 2.75) is 25.9 Å². The van der Waals surface area contributed by atoms with Crippen LogP contribution in [0.25, 0.3) is 0 Å². The Morgan fingerprint density at radius 3 is 2.87 bits per heavy atom. The Hall–Kier alpha value is -0.320. The van der Waals surface area contributed by atoms with Crippen LogP contribution in [0.3, 0.4) is 0 Å². The molecule has 4 heteroatoms. The van der Waals surface area contributed by atoms with Crippen LogP contribution >= 0.6 is 15.9 Å². The summed E-state index contributed by atoms with van der Waals surface area (Å²) in [6.07, 6.45) is 2.66. The second kappa shape index (κ2) is 5.14. The van der Waals surface area contributed by atoms with Gasteiger partial charge in [0.25, 0.3) is 0 Å². The van der Waals surface area contributed by atoms with Crippen molar-refractivity contribution in [1.82, 2.24) is 10.2 Å². The van der Waals surface area contributed by atoms with Gasteiger partial charge in [-0.3, -0.25) is 4.90 Å². The topological polar surface area (TPSA) is 28.4 Å². The van der Waals surface area contributed by atoms with Gasteiger partial charge in [0.15, 0.2) is 4.67 Å². The molecule has 3 nitrogen and oxygen atoms in total. The summed E-state index contributed by atoms with van der Waals surface area (Å²) in [6.45, 7) is 4.24. The second-order valence-electron chi connectivity index (χ2n) is 4.03. The van der Waals surface area contributed by atoms with Gasteiger partial charge in [0.2, 0.25) is 0 Å². The van der Waals surface area contributed by atoms with Gasteiger partial charge in [0.1, 0.15) is 5.76 Å². The highest BCUT2D eigenvalue weighted by Gasteiger charge is 2.15. The number of rotatable bonds is 4. The van der Waals surface area contributed by atoms with E-state index in [4.69, 9.17) is 4.42 Å². The molecule has 0 aliphatic carbocycles. The van der Waals surface area contributed by atoms with Gasteiger partial charge in [0, 0.05) is 12.1 Å². The summed E-state index contributed by atoms with van der Waals surface area (Å²) in [5, 5.41) is 3.09. The third-order valence-electron chi connectivity index (χ3n) is 2.75. The van der Waals surface area contributed by atoms with E-state index < -0.39 is 0 Å². The van der Waals surface area contributed by atoms with E-state index in [-0.39, 0.29) is 0 Å². The lowest BCUT2D eigenvalue weighted by atomic mass is 10.3. The average molecular weight is 273 g/mol. The van der Waals surface area contributed by atoms with Crippen LogP contribution in [0.2, 0.25) is 0 Å². The maximum atomic E-state index is 5.59. The lowest BCUT2D eigenvalue weighted by Crippen LogP contribution is -2.18. The Kier molecular flexibility index (Phi) is 3.83. The average Bonchev–Trinajstić information content (AvgIpc) is 2.79. The number of hydrogen-bond donors (Lipinski definition) is 1. The molecule has 0 bridgehead atoms. The maximum Gasteiger partial charge on any atom is 0.173 e. The van der Waals surface area contributed by atoms with Gasteiger partial charge in [-0.2, -0.15) is 0 Å². The quantitative estimate of drug-likeness (QED) is 0.912. The summed E-state index contributed by atoms with van der Waals surface area (Å²) in [7, 11) is 1.93. The standard InChI is InChI=1S/C11H17BrN2O/c1-13-7-10-6-9(11(12)15-10)8-14-4-2-3-5-14/h6,13H,2-5,7-8H2,1H3. The first-order valence-electron chi connectivity index (χ1n) is 5.43. The van der Waals surface area contributed by atoms with Crippen LogP contribution in [0.5, 0.6) is 0 Å². The predicted octanol–water partition coefficient (Wildman–Crippen LogP) is 2.36. The Labute approximate surface area is 99.0 Å². The molecule has 0 aromatic carbocycles. The van der Waals surface area contributed by atoms with Gasteiger partial charge in [-0.05, 0) is 55.0 Å². The van der Waals surface area contributed by atoms with Crippen LogP contribution < -0.4 is 5.32 Å². The van der Waals surface area contributed by atoms with E-state index in [9.17, 15) is 0 Å². The van der Waals surface area contributed by atoms with Crippen LogP contribution in [0.4, 0.5) is 0 Å². The van der Waals surface area contributed by atoms with Gasteiger partial charge in [0.05, 0.1) is 6.54 Å². The summed E-state index contributed by atoms with van der Waals surface area (Å²) >= 11 is 3.47. The third-order valence-corrected chi connectivity index (χ3v) is 3.42. The Bertz CT molecular complexity index is 318. The fourth-order valence-corrected chi connectivity index (χ4v) is 2.46. The highest BCUT2D eigenvalue weighted by molar-refractivity contribution is 9.10. The largest absolute Gasteiger partial charge is 0.453 e. The van der Waals surface area contributed by atoms with Crippen LogP contribution in [-0.2, 0) is 13.1 Å². The zero-order chi connectivity index (χ0) is 10.7. The molecule has 0 atom stereocenters. The summed E-state index contributed by atoms with van der Waals surface area (Å²) in [6, 6.07) is 2.14. The van der Waals surface area contributed by atoms with E-state index in [1.54, 1.807) is 0 Å². The number of nitrogens with one attached hydrogen (secondary N) is 1. The molecule has 0 radical (unpaired) electrons. The predicted molar refractivity (Wildman–Crippen MR) is 63.7 cm³/mol. The second-order valence-corrected chi connectivity index (χ2v) is 4.75. The molecule has 0 spiro atoms. The van der Waals surface area contributed by atoms with E-state index in [0.29, 0.717) is 0 Å². The molecule has 1 saturated heterocycles. The van der Waals surface area contributed by atoms with Crippen molar-refractivity contribution in [2.24, 2.45) is 0 Å². The highest BCUT2D eigenvalue weighted by atomic mass is 79.9. The first-order valence-corrected chi connectivity index (χ1v) is 6.23. The molecule has 1 aromatic rings. The summed E-state index contributed by atoms with van der Waals surface area (Å²) in [4.78, 5) is 2.47. The molecule has 1 aliphatic heterocycles. The number of hydrogen-bond acceptors (Lipinski definition) is 3. The summed E-state index contributed by atoms with van der Waals surface area (Å²) in [5.74, 6) is 0.999. The number of furan rings is 1. The van der Waals surface area contributed by atoms with Gasteiger partial charge in [-0.1, -0.05) is 0 Å². The highest BCUT2D eigenvalue weighted by Crippen LogP contribution is 2.24. The van der Waals surface area contributed by atoms with Crippen molar-refractivity contribution in [3.63, 3.8) is 0 Å². The van der Waals surface area contributed by atoms with E-state index in [1.807, 2.05) is 7.05 Å². The van der Waals surface area contributed by atoms with Crippen molar-refractivity contribution in [1.29, 1.82) is 0 Å². The number of likely N-dealkylation sites (tertiary alicyclic amines) is 1. The molecule has 1 aromatic heterocycles. The SMILES string of the molecule is CNCc1cc(CN2CCCC2)c(Br)o1. The van der Waals surface area contributed by atoms with E-state index >= 15 is 0 Å². The monoisotopic (exact) mass is 272 g/mol. The molecule has 0 amide bonds. The van der Waals surface area contributed by atoms with Gasteiger partial charge in [-0.15, -0.1) is 0 Å². The normalized spacial score (nSPS) is 17.5. The van der Waals surface area contributed by atoms with Crippen molar-refractivity contribution in [3.05, 3.63) is 22.1 Å². The molecular formula is C11H17BrN2O. The molecule has 0 unspecified atom stereocenters. The number of halogens is 1. The summed E-state index contributed by atoms with van der Waals surface area (Å²) < 4.78 is 6.48. The number of nitrogens with zero attached hydrogens (tertiary/aromatic N) is 1. The molecule has 0 saturated carbocycles. The molecule has 2 heterocycles. The molecule has 15 heavy (non-hydrogen) atoms. The summed E-state index contributed by atoms with van der Waals surface area (Å²) in [5.41, 5.74) is 1.27. The first kappa shape index (κ1) is 11.2. The van der Waals surface area contributed by atoms with Crippen LogP contribution in [0, 0.1) is 0 Å². The molecule has 2 rings (SSSR count). The van der Waals surface area contributed by atoms with E-state index in [0.717, 1.165) is 23.5 Å². The lowest BCUT2D eigenvalue weighted by molar-refractivity contribution is 0.328. The Morgan fingerprint density at radius 2 is 2.20 bits per heavy atom. The van der Waals surface area contributed by atoms with Crippen molar-refractivity contribution in [3.8, 4) is 0 Å². The maximum absolute atomic E-state index is 5.59. The fourth-order valence-electron chi connectivity index (χ4n) is 2.01. The van der Waals surface area contributed by atoms with E-state index in [2.05, 4.69) is 32.2 Å². The zero-order valence-electron chi connectivity index (χ0n) is 9.05. The minimum atomic E-state index is 0.790. The minimum absolute atomic E-state index is 0.790. The molecule has 1 N–H and O–H groups in total.